The lowest BCUT2D eigenvalue weighted by molar-refractivity contribution is 0.669. The number of furan rings is 1. The number of aromatic nitrogens is 2. The van der Waals surface area contributed by atoms with Gasteiger partial charge in [0.15, 0.2) is 0 Å². The topological polar surface area (TPSA) is 29.5 Å². The van der Waals surface area contributed by atoms with Crippen molar-refractivity contribution in [3.63, 3.8) is 0 Å². The maximum Gasteiger partial charge on any atom is 0.137 e. The Morgan fingerprint density at radius 2 is 0.476 bits per heavy atom. The molecular weight excluding hydrogens is 1550 g/mol. The van der Waals surface area contributed by atoms with Gasteiger partial charge in [-0.2, -0.15) is 0 Å². The van der Waals surface area contributed by atoms with Gasteiger partial charge in [-0.25, -0.2) is 0 Å². The van der Waals surface area contributed by atoms with Gasteiger partial charge in [-0.3, -0.25) is 0 Å². The fourth-order valence-corrected chi connectivity index (χ4v) is 20.3. The second-order valence-electron chi connectivity index (χ2n) is 32.8. The van der Waals surface area contributed by atoms with E-state index in [1.54, 1.807) is 0 Å². The summed E-state index contributed by atoms with van der Waals surface area (Å²) in [6.45, 7) is 0. The van der Waals surface area contributed by atoms with Gasteiger partial charge in [-0.1, -0.05) is 297 Å². The van der Waals surface area contributed by atoms with Gasteiger partial charge in [0, 0.05) is 104 Å². The van der Waals surface area contributed by atoms with Crippen LogP contribution in [0.3, 0.4) is 0 Å². The molecule has 0 fully saturated rings. The van der Waals surface area contributed by atoms with Crippen molar-refractivity contribution >= 4 is 131 Å². The number of benzene rings is 20. The van der Waals surface area contributed by atoms with Crippen molar-refractivity contribution in [2.24, 2.45) is 0 Å². The van der Waals surface area contributed by atoms with Crippen LogP contribution in [-0.4, -0.2) is 9.13 Å². The summed E-state index contributed by atoms with van der Waals surface area (Å²) >= 11 is 1.85. The summed E-state index contributed by atoms with van der Waals surface area (Å²) in [7, 11) is 0. The minimum Gasteiger partial charge on any atom is -0.456 e. The van der Waals surface area contributed by atoms with Gasteiger partial charge in [-0.15, -0.1) is 11.3 Å². The summed E-state index contributed by atoms with van der Waals surface area (Å²) in [5, 5.41) is 9.56. The van der Waals surface area contributed by atoms with Gasteiger partial charge >= 0.3 is 0 Å². The van der Waals surface area contributed by atoms with E-state index in [-0.39, 0.29) is 0 Å². The van der Waals surface area contributed by atoms with E-state index >= 15 is 0 Å². The van der Waals surface area contributed by atoms with Gasteiger partial charge < -0.3 is 23.4 Å². The lowest BCUT2D eigenvalue weighted by Crippen LogP contribution is -2.10. The number of nitrogens with zero attached hydrogens (tertiary/aromatic N) is 4. The number of hydrogen-bond acceptors (Lipinski definition) is 4. The van der Waals surface area contributed by atoms with Gasteiger partial charge in [0.1, 0.15) is 11.2 Å². The number of rotatable bonds is 17. The number of para-hydroxylation sites is 4. The summed E-state index contributed by atoms with van der Waals surface area (Å²) in [6, 6.07) is 174. The normalized spacial score (nSPS) is 11.7. The van der Waals surface area contributed by atoms with E-state index < -0.39 is 0 Å². The van der Waals surface area contributed by atoms with Crippen molar-refractivity contribution < 1.29 is 4.42 Å². The van der Waals surface area contributed by atoms with Crippen LogP contribution < -0.4 is 9.80 Å². The molecule has 24 aromatic rings. The SMILES string of the molecule is c1ccc(-c2cc(-c3ccccc3)cc(N(c3cccc(-c4cccc(-c5ccc6c7cc(-c8cccc(-c9cc(-c%10ccccc%10)cc(N(c%10cccc(-c%11cccc(-c%12ccc%13c%14ccccc%14n(-c%14ccccc%14)c%13c%12)c%11)c%10)c%10ccc%11c(c%10)sc%10ccccc%10%11)c9)c8)ccc7n(-c7ccccc7)c6c5)c4)c3)c3ccc4c(c3)oc3ccccc34)c2)cc1. The molecule has 24 rings (SSSR count). The molecule has 0 aliphatic carbocycles. The van der Waals surface area contributed by atoms with E-state index in [0.29, 0.717) is 0 Å². The molecule has 0 bridgehead atoms. The van der Waals surface area contributed by atoms with E-state index in [2.05, 4.69) is 486 Å². The van der Waals surface area contributed by atoms with Crippen LogP contribution >= 0.6 is 11.3 Å². The van der Waals surface area contributed by atoms with Crippen molar-refractivity contribution in [1.29, 1.82) is 0 Å². The first-order valence-corrected chi connectivity index (χ1v) is 43.9. The zero-order valence-corrected chi connectivity index (χ0v) is 69.5. The molecule has 0 saturated carbocycles. The van der Waals surface area contributed by atoms with Crippen LogP contribution in [-0.2, 0) is 0 Å². The Kier molecular flexibility index (Phi) is 18.1. The highest BCUT2D eigenvalue weighted by Crippen LogP contribution is 2.49. The third-order valence-electron chi connectivity index (χ3n) is 25.2. The standard InChI is InChI=1S/C120H78N4OS/c1-6-27-79(28-7-1)93-66-94(80-29-8-2-9-30-80)71-103(70-93)121(101-56-60-109-108-48-17-20-51-117(108)125-118(109)77-101)99-45-25-39-88(68-99)82-33-23-37-86(64-82)92-54-59-107-112-74-90(55-62-114(112)124(116(107)76-92)98-43-14-5-15-44-98)84-35-24-38-87(65-84)96-67-95(81-31-10-3-11-32-81)72-104(73-96)122(102-57-61-111-110-49-18-21-52-119(110)126-120(111)78-102)100-46-26-40-89(69-100)83-34-22-36-85(63-83)91-53-58-106-105-47-16-19-50-113(105)123(115(106)75-91)97-41-12-4-13-42-97/h1-78H. The fourth-order valence-electron chi connectivity index (χ4n) is 19.2. The molecule has 0 spiro atoms. The number of hydrogen-bond donors (Lipinski definition) is 0. The van der Waals surface area contributed by atoms with Crippen molar-refractivity contribution in [1.82, 2.24) is 9.13 Å². The number of fused-ring (bicyclic) bond motifs is 12. The molecule has 126 heavy (non-hydrogen) atoms. The molecule has 0 radical (unpaired) electrons. The van der Waals surface area contributed by atoms with Gasteiger partial charge in [0.05, 0.1) is 22.1 Å². The Hall–Kier alpha value is -16.4. The molecule has 0 aliphatic rings. The second kappa shape index (κ2) is 30.9. The van der Waals surface area contributed by atoms with E-state index in [1.165, 1.54) is 52.8 Å². The van der Waals surface area contributed by atoms with Crippen LogP contribution in [0.2, 0.25) is 0 Å². The number of thiophene rings is 1. The fraction of sp³-hybridized carbons (Fsp3) is 0. The predicted octanol–water partition coefficient (Wildman–Crippen LogP) is 34.1. The molecule has 20 aromatic carbocycles. The van der Waals surface area contributed by atoms with E-state index in [1.807, 2.05) is 17.4 Å². The van der Waals surface area contributed by atoms with Crippen molar-refractivity contribution in [2.75, 3.05) is 9.80 Å². The highest BCUT2D eigenvalue weighted by molar-refractivity contribution is 7.25. The monoisotopic (exact) mass is 1620 g/mol. The quantitative estimate of drug-likeness (QED) is 0.0910. The van der Waals surface area contributed by atoms with E-state index in [4.69, 9.17) is 4.42 Å². The van der Waals surface area contributed by atoms with Crippen molar-refractivity contribution in [3.8, 4) is 112 Å². The largest absolute Gasteiger partial charge is 0.456 e. The smallest absolute Gasteiger partial charge is 0.137 e. The Morgan fingerprint density at radius 1 is 0.159 bits per heavy atom. The van der Waals surface area contributed by atoms with Crippen molar-refractivity contribution in [3.05, 3.63) is 473 Å². The van der Waals surface area contributed by atoms with Crippen molar-refractivity contribution in [2.45, 2.75) is 0 Å². The molecule has 0 aliphatic heterocycles. The van der Waals surface area contributed by atoms with Crippen LogP contribution in [0.5, 0.6) is 0 Å². The predicted molar refractivity (Wildman–Crippen MR) is 534 cm³/mol. The zero-order chi connectivity index (χ0) is 83.1. The molecule has 4 aromatic heterocycles. The summed E-state index contributed by atoms with van der Waals surface area (Å²) < 4.78 is 14.0. The Labute approximate surface area is 734 Å². The molecule has 0 saturated heterocycles. The lowest BCUT2D eigenvalue weighted by atomic mass is 9.94. The first-order chi connectivity index (χ1) is 62.4. The molecule has 5 nitrogen and oxygen atoms in total. The summed E-state index contributed by atoms with van der Waals surface area (Å²) in [5.74, 6) is 0. The van der Waals surface area contributed by atoms with Crippen LogP contribution in [0.25, 0.3) is 197 Å². The highest BCUT2D eigenvalue weighted by atomic mass is 32.1. The Morgan fingerprint density at radius 3 is 1.00 bits per heavy atom. The van der Waals surface area contributed by atoms with Gasteiger partial charge in [-0.05, 0) is 270 Å². The summed E-state index contributed by atoms with van der Waals surface area (Å²) in [6.07, 6.45) is 0. The maximum atomic E-state index is 6.63. The maximum absolute atomic E-state index is 6.63. The van der Waals surface area contributed by atoms with Crippen LogP contribution in [0.4, 0.5) is 34.1 Å². The first-order valence-electron chi connectivity index (χ1n) is 43.0. The van der Waals surface area contributed by atoms with Gasteiger partial charge in [0.2, 0.25) is 0 Å². The van der Waals surface area contributed by atoms with Crippen LogP contribution in [0, 0.1) is 0 Å². The molecule has 4 heterocycles. The first kappa shape index (κ1) is 73.5. The summed E-state index contributed by atoms with van der Waals surface area (Å²) in [5.41, 5.74) is 35.2. The average Bonchev–Trinajstić information content (AvgIpc) is 1.58. The molecule has 0 unspecified atom stereocenters. The molecule has 0 N–H and O–H groups in total. The van der Waals surface area contributed by atoms with E-state index in [9.17, 15) is 0 Å². The highest BCUT2D eigenvalue weighted by Gasteiger charge is 2.24. The molecule has 0 atom stereocenters. The molecule has 0 amide bonds. The van der Waals surface area contributed by atoms with E-state index in [0.717, 1.165) is 179 Å². The average molecular weight is 1620 g/mol. The molecule has 6 heteroatoms. The van der Waals surface area contributed by atoms with Gasteiger partial charge in [0.25, 0.3) is 0 Å². The third-order valence-corrected chi connectivity index (χ3v) is 26.3. The molecule has 590 valence electrons. The van der Waals surface area contributed by atoms with Crippen LogP contribution in [0.1, 0.15) is 0 Å². The Bertz CT molecular complexity index is 8290. The lowest BCUT2D eigenvalue weighted by Gasteiger charge is -2.27. The van der Waals surface area contributed by atoms with Crippen LogP contribution in [0.15, 0.2) is 478 Å². The minimum absolute atomic E-state index is 0.838. The Balaban J connectivity index is 0.594. The molecular formula is C120H78N4OS. The number of anilines is 6. The zero-order valence-electron chi connectivity index (χ0n) is 68.6. The third kappa shape index (κ3) is 13.3. The summed E-state index contributed by atoms with van der Waals surface area (Å²) in [4.78, 5) is 4.86. The minimum atomic E-state index is 0.838. The second-order valence-corrected chi connectivity index (χ2v) is 33.8.